The van der Waals surface area contributed by atoms with Crippen molar-refractivity contribution in [1.29, 1.82) is 0 Å². The summed E-state index contributed by atoms with van der Waals surface area (Å²) in [6.45, 7) is 7.90. The van der Waals surface area contributed by atoms with E-state index in [1.807, 2.05) is 70.2 Å². The maximum absolute atomic E-state index is 13.8. The number of nitrogens with one attached hydrogen (secondary N) is 2. The van der Waals surface area contributed by atoms with Gasteiger partial charge in [-0.05, 0) is 62.9 Å². The zero-order chi connectivity index (χ0) is 29.8. The molecule has 218 valence electrons. The van der Waals surface area contributed by atoms with E-state index in [0.29, 0.717) is 6.54 Å². The summed E-state index contributed by atoms with van der Waals surface area (Å²) in [7, 11) is -4.06. The van der Waals surface area contributed by atoms with Crippen LogP contribution >= 0.6 is 11.8 Å². The predicted molar refractivity (Wildman–Crippen MR) is 162 cm³/mol. The molecule has 4 rings (SSSR count). The number of hydrogen-bond acceptors (Lipinski definition) is 6. The molecule has 0 spiro atoms. The highest BCUT2D eigenvalue weighted by Gasteiger charge is 2.50. The molecule has 2 amide bonds. The lowest BCUT2D eigenvalue weighted by Crippen LogP contribution is -2.58. The third-order valence-corrected chi connectivity index (χ3v) is 10.2. The summed E-state index contributed by atoms with van der Waals surface area (Å²) in [5.41, 5.74) is 3.66. The van der Waals surface area contributed by atoms with E-state index < -0.39 is 38.9 Å². The first-order valence-corrected chi connectivity index (χ1v) is 15.9. The van der Waals surface area contributed by atoms with Gasteiger partial charge in [0.05, 0.1) is 16.8 Å². The van der Waals surface area contributed by atoms with Crippen LogP contribution in [0.1, 0.15) is 36.1 Å². The summed E-state index contributed by atoms with van der Waals surface area (Å²) in [5.74, 6) is -0.844. The van der Waals surface area contributed by atoms with Crippen LogP contribution < -0.4 is 10.0 Å². The van der Waals surface area contributed by atoms with Gasteiger partial charge in [0, 0.05) is 11.3 Å². The smallest absolute Gasteiger partial charge is 0.254 e. The minimum Gasteiger partial charge on any atom is -0.382 e. The van der Waals surface area contributed by atoms with Crippen LogP contribution in [0, 0.1) is 13.8 Å². The first-order valence-electron chi connectivity index (χ1n) is 13.5. The Balaban J connectivity index is 1.57. The molecular weight excluding hydrogens is 558 g/mol. The second kappa shape index (κ2) is 12.8. The molecule has 1 aliphatic heterocycles. The van der Waals surface area contributed by atoms with Crippen molar-refractivity contribution in [2.45, 2.75) is 68.5 Å². The van der Waals surface area contributed by atoms with Gasteiger partial charge in [-0.1, -0.05) is 72.3 Å². The van der Waals surface area contributed by atoms with Gasteiger partial charge in [-0.25, -0.2) is 13.1 Å². The van der Waals surface area contributed by atoms with Crippen LogP contribution in [-0.2, 0) is 32.6 Å². The highest BCUT2D eigenvalue weighted by molar-refractivity contribution is 8.00. The average Bonchev–Trinajstić information content (AvgIpc) is 3.26. The van der Waals surface area contributed by atoms with E-state index in [1.54, 1.807) is 24.3 Å². The molecule has 0 saturated carbocycles. The van der Waals surface area contributed by atoms with Crippen molar-refractivity contribution in [2.24, 2.45) is 0 Å². The largest absolute Gasteiger partial charge is 0.382 e. The number of benzene rings is 3. The number of rotatable bonds is 10. The SMILES string of the molecule is Cc1ccc(S(=O)(=O)N[C@@H](Cc2ccccc2)[C@H](O)C(=O)N2CSC(C)(C)[C@H]2C(=O)NCc2ccccc2C)cc1. The van der Waals surface area contributed by atoms with Crippen molar-refractivity contribution in [3.8, 4) is 0 Å². The molecule has 3 N–H and O–H groups in total. The topological polar surface area (TPSA) is 116 Å². The fraction of sp³-hybridized carbons (Fsp3) is 0.355. The summed E-state index contributed by atoms with van der Waals surface area (Å²) in [6, 6.07) is 21.1. The van der Waals surface area contributed by atoms with E-state index in [0.717, 1.165) is 22.3 Å². The summed E-state index contributed by atoms with van der Waals surface area (Å²) >= 11 is 1.44. The van der Waals surface area contributed by atoms with Gasteiger partial charge in [0.2, 0.25) is 15.9 Å². The van der Waals surface area contributed by atoms with Crippen LogP contribution in [0.5, 0.6) is 0 Å². The molecule has 0 bridgehead atoms. The molecule has 1 saturated heterocycles. The quantitative estimate of drug-likeness (QED) is 0.330. The van der Waals surface area contributed by atoms with Crippen LogP contribution in [-0.4, -0.2) is 59.1 Å². The molecule has 0 aromatic heterocycles. The molecule has 8 nitrogen and oxygen atoms in total. The molecule has 0 unspecified atom stereocenters. The van der Waals surface area contributed by atoms with E-state index in [2.05, 4.69) is 10.0 Å². The van der Waals surface area contributed by atoms with Gasteiger partial charge in [-0.15, -0.1) is 11.8 Å². The Labute approximate surface area is 246 Å². The molecule has 41 heavy (non-hydrogen) atoms. The lowest BCUT2D eigenvalue weighted by molar-refractivity contribution is -0.147. The fourth-order valence-electron chi connectivity index (χ4n) is 4.91. The first-order chi connectivity index (χ1) is 19.4. The van der Waals surface area contributed by atoms with Crippen molar-refractivity contribution in [3.63, 3.8) is 0 Å². The van der Waals surface area contributed by atoms with Crippen LogP contribution in [0.2, 0.25) is 0 Å². The van der Waals surface area contributed by atoms with E-state index in [-0.39, 0.29) is 23.1 Å². The van der Waals surface area contributed by atoms with Gasteiger partial charge in [-0.3, -0.25) is 9.59 Å². The predicted octanol–water partition coefficient (Wildman–Crippen LogP) is 3.55. The Bertz CT molecular complexity index is 1480. The second-order valence-corrected chi connectivity index (χ2v) is 14.2. The number of nitrogens with zero attached hydrogens (tertiary/aromatic N) is 1. The number of aliphatic hydroxyl groups is 1. The number of hydrogen-bond donors (Lipinski definition) is 3. The third-order valence-electron chi connectivity index (χ3n) is 7.36. The highest BCUT2D eigenvalue weighted by atomic mass is 32.2. The fourth-order valence-corrected chi connectivity index (χ4v) is 7.29. The molecule has 0 aliphatic carbocycles. The average molecular weight is 596 g/mol. The lowest BCUT2D eigenvalue weighted by atomic mass is 9.97. The minimum atomic E-state index is -4.06. The zero-order valence-corrected chi connectivity index (χ0v) is 25.3. The Kier molecular flexibility index (Phi) is 9.59. The first kappa shape index (κ1) is 30.8. The molecule has 0 radical (unpaired) electrons. The molecule has 3 aromatic rings. The number of aryl methyl sites for hydroxylation is 2. The Hall–Kier alpha value is -3.18. The Morgan fingerprint density at radius 2 is 1.63 bits per heavy atom. The standard InChI is InChI=1S/C31H37N3O5S2/c1-21-14-16-25(17-15-21)41(38,39)33-26(18-23-11-6-5-7-12-23)27(35)30(37)34-20-40-31(3,4)28(34)29(36)32-19-24-13-9-8-10-22(24)2/h5-17,26-28,33,35H,18-20H2,1-4H3,(H,32,36)/t26-,27-,28+/m0/s1. The van der Waals surface area contributed by atoms with Gasteiger partial charge < -0.3 is 15.3 Å². The van der Waals surface area contributed by atoms with Gasteiger partial charge in [-0.2, -0.15) is 0 Å². The number of amides is 2. The summed E-state index contributed by atoms with van der Waals surface area (Å²) in [5, 5.41) is 14.4. The molecule has 3 atom stereocenters. The Morgan fingerprint density at radius 3 is 2.29 bits per heavy atom. The zero-order valence-electron chi connectivity index (χ0n) is 23.7. The van der Waals surface area contributed by atoms with Crippen molar-refractivity contribution >= 4 is 33.6 Å². The van der Waals surface area contributed by atoms with E-state index >= 15 is 0 Å². The maximum Gasteiger partial charge on any atom is 0.254 e. The molecule has 1 aliphatic rings. The van der Waals surface area contributed by atoms with Gasteiger partial charge in [0.1, 0.15) is 12.1 Å². The van der Waals surface area contributed by atoms with Crippen LogP contribution in [0.4, 0.5) is 0 Å². The van der Waals surface area contributed by atoms with Gasteiger partial charge >= 0.3 is 0 Å². The maximum atomic E-state index is 13.8. The van der Waals surface area contributed by atoms with E-state index in [4.69, 9.17) is 0 Å². The molecule has 3 aromatic carbocycles. The summed E-state index contributed by atoms with van der Waals surface area (Å²) in [4.78, 5) is 28.7. The van der Waals surface area contributed by atoms with E-state index in [1.165, 1.54) is 28.8 Å². The number of carbonyl (C=O) groups excluding carboxylic acids is 2. The lowest BCUT2D eigenvalue weighted by Gasteiger charge is -2.33. The molecule has 1 heterocycles. The second-order valence-electron chi connectivity index (χ2n) is 10.9. The van der Waals surface area contributed by atoms with Crippen LogP contribution in [0.3, 0.4) is 0 Å². The third kappa shape index (κ3) is 7.37. The number of sulfonamides is 1. The molecule has 10 heteroatoms. The normalized spacial score (nSPS) is 18.1. The van der Waals surface area contributed by atoms with Gasteiger partial charge in [0.15, 0.2) is 0 Å². The highest BCUT2D eigenvalue weighted by Crippen LogP contribution is 2.40. The molecule has 1 fully saturated rings. The number of aliphatic hydroxyl groups excluding tert-OH is 1. The number of carbonyl (C=O) groups is 2. The van der Waals surface area contributed by atoms with Crippen LogP contribution in [0.25, 0.3) is 0 Å². The van der Waals surface area contributed by atoms with E-state index in [9.17, 15) is 23.1 Å². The monoisotopic (exact) mass is 595 g/mol. The van der Waals surface area contributed by atoms with Crippen molar-refractivity contribution in [3.05, 3.63) is 101 Å². The van der Waals surface area contributed by atoms with Crippen molar-refractivity contribution < 1.29 is 23.1 Å². The summed E-state index contributed by atoms with van der Waals surface area (Å²) < 4.78 is 28.5. The number of thioether (sulfide) groups is 1. The Morgan fingerprint density at radius 1 is 1.00 bits per heavy atom. The molecular formula is C31H37N3O5S2. The van der Waals surface area contributed by atoms with Crippen molar-refractivity contribution in [2.75, 3.05) is 5.88 Å². The van der Waals surface area contributed by atoms with Gasteiger partial charge in [0.25, 0.3) is 5.91 Å². The van der Waals surface area contributed by atoms with Crippen molar-refractivity contribution in [1.82, 2.24) is 14.9 Å². The summed E-state index contributed by atoms with van der Waals surface area (Å²) in [6.07, 6.45) is -1.65. The minimum absolute atomic E-state index is 0.0344. The van der Waals surface area contributed by atoms with Crippen LogP contribution in [0.15, 0.2) is 83.8 Å².